The molecule has 0 radical (unpaired) electrons. The topological polar surface area (TPSA) is 89.7 Å². The molecule has 2 heterocycles. The summed E-state index contributed by atoms with van der Waals surface area (Å²) in [6, 6.07) is 5.56. The van der Waals surface area contributed by atoms with Gasteiger partial charge in [0.05, 0.1) is 22.4 Å². The van der Waals surface area contributed by atoms with Crippen molar-refractivity contribution >= 4 is 29.5 Å². The molecule has 1 atom stereocenters. The summed E-state index contributed by atoms with van der Waals surface area (Å²) in [6.45, 7) is 3.46. The number of nitrogens with zero attached hydrogens (tertiary/aromatic N) is 2. The van der Waals surface area contributed by atoms with Crippen molar-refractivity contribution in [1.29, 1.82) is 0 Å². The van der Waals surface area contributed by atoms with Crippen molar-refractivity contribution in [1.82, 2.24) is 10.1 Å². The lowest BCUT2D eigenvalue weighted by Crippen LogP contribution is -2.47. The van der Waals surface area contributed by atoms with E-state index in [1.54, 1.807) is 44.4 Å². The maximum absolute atomic E-state index is 12.6. The van der Waals surface area contributed by atoms with Gasteiger partial charge < -0.3 is 9.26 Å². The Labute approximate surface area is 154 Å². The summed E-state index contributed by atoms with van der Waals surface area (Å²) in [7, 11) is 0. The van der Waals surface area contributed by atoms with Gasteiger partial charge in [0.25, 0.3) is 11.8 Å². The van der Waals surface area contributed by atoms with Gasteiger partial charge in [0.1, 0.15) is 18.4 Å². The summed E-state index contributed by atoms with van der Waals surface area (Å²) >= 11 is 1.36. The molecular weight excluding hydrogens is 356 g/mol. The van der Waals surface area contributed by atoms with Crippen molar-refractivity contribution < 1.29 is 23.6 Å². The van der Waals surface area contributed by atoms with E-state index in [9.17, 15) is 14.4 Å². The fourth-order valence-electron chi connectivity index (χ4n) is 2.84. The molecule has 1 aliphatic heterocycles. The Bertz CT molecular complexity index is 822. The molecule has 0 saturated carbocycles. The highest BCUT2D eigenvalue weighted by Gasteiger charge is 2.43. The molecule has 0 unspecified atom stereocenters. The van der Waals surface area contributed by atoms with E-state index >= 15 is 0 Å². The molecule has 7 nitrogen and oxygen atoms in total. The van der Waals surface area contributed by atoms with Crippen LogP contribution in [0.2, 0.25) is 0 Å². The number of rotatable bonds is 6. The number of ether oxygens (including phenoxy) is 1. The lowest BCUT2D eigenvalue weighted by atomic mass is 10.1. The van der Waals surface area contributed by atoms with E-state index < -0.39 is 23.8 Å². The Hall–Kier alpha value is -2.61. The van der Waals surface area contributed by atoms with Gasteiger partial charge in [0.15, 0.2) is 0 Å². The third kappa shape index (κ3) is 3.12. The molecule has 1 aromatic carbocycles. The number of aryl methyl sites for hydroxylation is 2. The highest BCUT2D eigenvalue weighted by Crippen LogP contribution is 2.26. The first kappa shape index (κ1) is 18.2. The van der Waals surface area contributed by atoms with Crippen molar-refractivity contribution in [3.63, 3.8) is 0 Å². The summed E-state index contributed by atoms with van der Waals surface area (Å²) in [5, 5.41) is 3.81. The number of hydrogen-bond donors (Lipinski definition) is 0. The van der Waals surface area contributed by atoms with Gasteiger partial charge in [-0.15, -0.1) is 0 Å². The molecular formula is C18H18N2O5S. The largest absolute Gasteiger partial charge is 0.459 e. The molecule has 2 aromatic rings. The van der Waals surface area contributed by atoms with Gasteiger partial charge in [0.2, 0.25) is 0 Å². The number of carbonyl (C=O) groups excluding carboxylic acids is 3. The van der Waals surface area contributed by atoms with Crippen LogP contribution in [-0.2, 0) is 16.1 Å². The summed E-state index contributed by atoms with van der Waals surface area (Å²) in [6.07, 6.45) is 1.80. The second-order valence-corrected chi connectivity index (χ2v) is 6.82. The van der Waals surface area contributed by atoms with E-state index in [-0.39, 0.29) is 12.4 Å². The first-order valence-corrected chi connectivity index (χ1v) is 9.39. The zero-order chi connectivity index (χ0) is 18.8. The predicted octanol–water partition coefficient (Wildman–Crippen LogP) is 2.36. The van der Waals surface area contributed by atoms with E-state index in [0.717, 1.165) is 4.90 Å². The number of thioether (sulfide) groups is 1. The average Bonchev–Trinajstić information content (AvgIpc) is 3.08. The number of fused-ring (bicyclic) bond motifs is 1. The van der Waals surface area contributed by atoms with Crippen LogP contribution in [0.4, 0.5) is 0 Å². The Balaban J connectivity index is 1.80. The van der Waals surface area contributed by atoms with E-state index in [0.29, 0.717) is 28.1 Å². The van der Waals surface area contributed by atoms with E-state index in [2.05, 4.69) is 5.16 Å². The Kier molecular flexibility index (Phi) is 5.13. The molecule has 26 heavy (non-hydrogen) atoms. The maximum Gasteiger partial charge on any atom is 0.330 e. The zero-order valence-corrected chi connectivity index (χ0v) is 15.5. The molecule has 8 heteroatoms. The molecule has 0 bridgehead atoms. The van der Waals surface area contributed by atoms with Crippen molar-refractivity contribution in [2.24, 2.45) is 0 Å². The number of carbonyl (C=O) groups is 3. The minimum atomic E-state index is -0.988. The summed E-state index contributed by atoms with van der Waals surface area (Å²) in [5.74, 6) is -0.754. The van der Waals surface area contributed by atoms with E-state index in [1.807, 2.05) is 0 Å². The van der Waals surface area contributed by atoms with Gasteiger partial charge >= 0.3 is 5.97 Å². The first-order valence-electron chi connectivity index (χ1n) is 8.00. The Morgan fingerprint density at radius 3 is 2.35 bits per heavy atom. The van der Waals surface area contributed by atoms with Gasteiger partial charge in [-0.05, 0) is 32.2 Å². The SMILES string of the molecule is CSC[C@H](C(=O)OCc1c(C)noc1C)N1C(=O)c2ccccc2C1=O. The van der Waals surface area contributed by atoms with Gasteiger partial charge in [-0.2, -0.15) is 11.8 Å². The first-order chi connectivity index (χ1) is 12.5. The fourth-order valence-corrected chi connectivity index (χ4v) is 3.45. The number of hydrogen-bond acceptors (Lipinski definition) is 7. The second kappa shape index (κ2) is 7.33. The number of imide groups is 1. The summed E-state index contributed by atoms with van der Waals surface area (Å²) in [4.78, 5) is 38.9. The Morgan fingerprint density at radius 2 is 1.85 bits per heavy atom. The number of aromatic nitrogens is 1. The van der Waals surface area contributed by atoms with Gasteiger partial charge in [-0.25, -0.2) is 4.79 Å². The van der Waals surface area contributed by atoms with Crippen molar-refractivity contribution in [3.8, 4) is 0 Å². The monoisotopic (exact) mass is 374 g/mol. The highest BCUT2D eigenvalue weighted by molar-refractivity contribution is 7.98. The minimum Gasteiger partial charge on any atom is -0.459 e. The smallest absolute Gasteiger partial charge is 0.330 e. The summed E-state index contributed by atoms with van der Waals surface area (Å²) in [5.41, 5.74) is 1.94. The van der Waals surface area contributed by atoms with Gasteiger partial charge in [0, 0.05) is 5.75 Å². The number of amides is 2. The third-order valence-electron chi connectivity index (χ3n) is 4.27. The molecule has 0 N–H and O–H groups in total. The van der Waals surface area contributed by atoms with Crippen molar-refractivity contribution in [2.45, 2.75) is 26.5 Å². The maximum atomic E-state index is 12.6. The fraction of sp³-hybridized carbons (Fsp3) is 0.333. The third-order valence-corrected chi connectivity index (χ3v) is 4.92. The highest BCUT2D eigenvalue weighted by atomic mass is 32.2. The molecule has 0 spiro atoms. The molecule has 1 aromatic heterocycles. The van der Waals surface area contributed by atoms with Crippen LogP contribution in [0.25, 0.3) is 0 Å². The summed E-state index contributed by atoms with van der Waals surface area (Å²) < 4.78 is 10.4. The Morgan fingerprint density at radius 1 is 1.23 bits per heavy atom. The van der Waals surface area contributed by atoms with Crippen LogP contribution in [-0.4, -0.2) is 45.9 Å². The zero-order valence-electron chi connectivity index (χ0n) is 14.6. The average molecular weight is 374 g/mol. The van der Waals surface area contributed by atoms with Crippen LogP contribution in [0.15, 0.2) is 28.8 Å². The lowest BCUT2D eigenvalue weighted by Gasteiger charge is -2.23. The number of esters is 1. The van der Waals surface area contributed by atoms with Crippen molar-refractivity contribution in [3.05, 3.63) is 52.4 Å². The lowest BCUT2D eigenvalue weighted by molar-refractivity contribution is -0.148. The predicted molar refractivity (Wildman–Crippen MR) is 94.9 cm³/mol. The standard InChI is InChI=1S/C18H18N2O5S/c1-10-14(11(2)25-19-10)8-24-18(23)15(9-26-3)20-16(21)12-6-4-5-7-13(12)17(20)22/h4-7,15H,8-9H2,1-3H3/t15-/m1/s1. The van der Waals surface area contributed by atoms with Crippen LogP contribution >= 0.6 is 11.8 Å². The van der Waals surface area contributed by atoms with Gasteiger partial charge in [-0.3, -0.25) is 14.5 Å². The minimum absolute atomic E-state index is 0.0198. The quantitative estimate of drug-likeness (QED) is 0.566. The molecule has 136 valence electrons. The van der Waals surface area contributed by atoms with Crippen LogP contribution in [0.5, 0.6) is 0 Å². The molecule has 2 amide bonds. The molecule has 0 fully saturated rings. The molecule has 3 rings (SSSR count). The molecule has 1 aliphatic rings. The van der Waals surface area contributed by atoms with Crippen LogP contribution in [0.1, 0.15) is 37.7 Å². The van der Waals surface area contributed by atoms with E-state index in [4.69, 9.17) is 9.26 Å². The van der Waals surface area contributed by atoms with Crippen LogP contribution in [0.3, 0.4) is 0 Å². The van der Waals surface area contributed by atoms with Crippen LogP contribution < -0.4 is 0 Å². The van der Waals surface area contributed by atoms with Crippen LogP contribution in [0, 0.1) is 13.8 Å². The molecule has 0 aliphatic carbocycles. The molecule has 0 saturated heterocycles. The second-order valence-electron chi connectivity index (χ2n) is 5.91. The van der Waals surface area contributed by atoms with Gasteiger partial charge in [-0.1, -0.05) is 17.3 Å². The normalized spacial score (nSPS) is 14.5. The van der Waals surface area contributed by atoms with Crippen molar-refractivity contribution in [2.75, 3.05) is 12.0 Å². The van der Waals surface area contributed by atoms with E-state index in [1.165, 1.54) is 11.8 Å². The number of benzene rings is 1.